The second-order valence-electron chi connectivity index (χ2n) is 10.3. The average molecular weight is 643 g/mol. The first-order valence-corrected chi connectivity index (χ1v) is 14.7. The third-order valence-corrected chi connectivity index (χ3v) is 8.00. The Morgan fingerprint density at radius 1 is 1.09 bits per heavy atom. The molecule has 2 atom stereocenters. The topological polar surface area (TPSA) is 115 Å². The van der Waals surface area contributed by atoms with Crippen molar-refractivity contribution >= 4 is 23.8 Å². The Morgan fingerprint density at radius 2 is 1.84 bits per heavy atom. The van der Waals surface area contributed by atoms with E-state index in [-0.39, 0.29) is 23.6 Å². The molecule has 0 unspecified atom stereocenters. The average Bonchev–Trinajstić information content (AvgIpc) is 3.28. The van der Waals surface area contributed by atoms with Crippen LogP contribution in [-0.4, -0.2) is 56.4 Å². The van der Waals surface area contributed by atoms with Crippen molar-refractivity contribution in [2.75, 3.05) is 13.4 Å². The molecular weight excluding hydrogens is 616 g/mol. The minimum Gasteiger partial charge on any atom is -0.481 e. The van der Waals surface area contributed by atoms with Gasteiger partial charge in [-0.15, -0.1) is 0 Å². The van der Waals surface area contributed by atoms with Crippen molar-refractivity contribution in [3.63, 3.8) is 0 Å². The third kappa shape index (κ3) is 6.41. The molecule has 1 amide bonds. The van der Waals surface area contributed by atoms with Gasteiger partial charge in [-0.1, -0.05) is 17.8 Å². The summed E-state index contributed by atoms with van der Waals surface area (Å²) in [5.41, 5.74) is 2.24. The molecule has 234 valence electrons. The lowest BCUT2D eigenvalue weighted by atomic mass is 9.96. The molecule has 1 saturated heterocycles. The standard InChI is InChI=1S/C31H26F4N4O5S/c1-15-7-17(28(40)41)5-6-22(15)19-10-23(27(43-3)36-12-19)24-13-37-29(45-4)38-25(24)14-39-16(2)26(44-30(39)42)18-8-20(31(33,34)35)11-21(32)9-18/h5-13,16,26H,14H2,1-4H3,(H,40,41)/t16-,26-/m0/s1. The second kappa shape index (κ2) is 12.3. The van der Waals surface area contributed by atoms with Gasteiger partial charge in [0.15, 0.2) is 5.16 Å². The van der Waals surface area contributed by atoms with E-state index >= 15 is 0 Å². The fourth-order valence-electron chi connectivity index (χ4n) is 5.18. The van der Waals surface area contributed by atoms with Crippen molar-refractivity contribution in [2.24, 2.45) is 0 Å². The van der Waals surface area contributed by atoms with Crippen molar-refractivity contribution in [1.82, 2.24) is 19.9 Å². The fraction of sp³-hybridized carbons (Fsp3) is 0.258. The highest BCUT2D eigenvalue weighted by atomic mass is 32.2. The van der Waals surface area contributed by atoms with Crippen LogP contribution in [0, 0.1) is 12.7 Å². The third-order valence-electron chi connectivity index (χ3n) is 7.44. The number of benzene rings is 2. The number of methoxy groups -OCH3 is 1. The summed E-state index contributed by atoms with van der Waals surface area (Å²) in [6.45, 7) is 3.25. The van der Waals surface area contributed by atoms with Gasteiger partial charge in [-0.2, -0.15) is 13.2 Å². The monoisotopic (exact) mass is 642 g/mol. The number of hydrogen-bond acceptors (Lipinski definition) is 8. The lowest BCUT2D eigenvalue weighted by Crippen LogP contribution is -2.32. The molecule has 5 rings (SSSR count). The number of nitrogens with zero attached hydrogens (tertiary/aromatic N) is 4. The van der Waals surface area contributed by atoms with Gasteiger partial charge in [0.05, 0.1) is 36.5 Å². The summed E-state index contributed by atoms with van der Waals surface area (Å²) in [6.07, 6.45) is -1.85. The van der Waals surface area contributed by atoms with Crippen LogP contribution < -0.4 is 4.74 Å². The van der Waals surface area contributed by atoms with Crippen LogP contribution in [0.3, 0.4) is 0 Å². The Morgan fingerprint density at radius 3 is 2.49 bits per heavy atom. The van der Waals surface area contributed by atoms with Crippen molar-refractivity contribution in [2.45, 2.75) is 43.9 Å². The lowest BCUT2D eigenvalue weighted by molar-refractivity contribution is -0.137. The quantitative estimate of drug-likeness (QED) is 0.121. The number of amides is 1. The summed E-state index contributed by atoms with van der Waals surface area (Å²) < 4.78 is 65.3. The Labute approximate surface area is 259 Å². The van der Waals surface area contributed by atoms with Crippen LogP contribution in [0.1, 0.15) is 45.8 Å². The van der Waals surface area contributed by atoms with Gasteiger partial charge in [0.25, 0.3) is 0 Å². The number of hydrogen-bond donors (Lipinski definition) is 1. The molecular formula is C31H26F4N4O5S. The van der Waals surface area contributed by atoms with E-state index in [1.807, 2.05) is 0 Å². The summed E-state index contributed by atoms with van der Waals surface area (Å²) in [5.74, 6) is -1.92. The van der Waals surface area contributed by atoms with Crippen LogP contribution in [-0.2, 0) is 17.5 Å². The number of pyridine rings is 1. The zero-order valence-electron chi connectivity index (χ0n) is 24.3. The van der Waals surface area contributed by atoms with E-state index in [4.69, 9.17) is 9.47 Å². The van der Waals surface area contributed by atoms with Gasteiger partial charge in [0, 0.05) is 29.1 Å². The van der Waals surface area contributed by atoms with E-state index in [2.05, 4.69) is 15.0 Å². The van der Waals surface area contributed by atoms with E-state index in [0.717, 1.165) is 17.7 Å². The van der Waals surface area contributed by atoms with Crippen LogP contribution in [0.25, 0.3) is 22.3 Å². The second-order valence-corrected chi connectivity index (χ2v) is 11.1. The molecule has 1 aliphatic heterocycles. The number of aromatic nitrogens is 3. The Kier molecular flexibility index (Phi) is 8.70. The molecule has 0 spiro atoms. The largest absolute Gasteiger partial charge is 0.481 e. The predicted molar refractivity (Wildman–Crippen MR) is 156 cm³/mol. The molecule has 0 radical (unpaired) electrons. The number of alkyl halides is 3. The summed E-state index contributed by atoms with van der Waals surface area (Å²) >= 11 is 1.26. The molecule has 4 aromatic rings. The zero-order valence-corrected chi connectivity index (χ0v) is 25.2. The van der Waals surface area contributed by atoms with Gasteiger partial charge >= 0.3 is 18.2 Å². The van der Waals surface area contributed by atoms with Crippen molar-refractivity contribution in [3.05, 3.63) is 88.6 Å². The molecule has 2 aromatic heterocycles. The van der Waals surface area contributed by atoms with E-state index in [0.29, 0.717) is 39.2 Å². The number of rotatable bonds is 8. The van der Waals surface area contributed by atoms with Crippen LogP contribution in [0.4, 0.5) is 22.4 Å². The number of carboxylic acids is 1. The Bertz CT molecular complexity index is 1800. The number of aryl methyl sites for hydroxylation is 1. The van der Waals surface area contributed by atoms with Crippen molar-refractivity contribution in [3.8, 4) is 28.1 Å². The Balaban J connectivity index is 1.54. The molecule has 9 nitrogen and oxygen atoms in total. The number of ether oxygens (including phenoxy) is 2. The van der Waals surface area contributed by atoms with Crippen molar-refractivity contribution in [1.29, 1.82) is 0 Å². The van der Waals surface area contributed by atoms with Crippen LogP contribution >= 0.6 is 11.8 Å². The van der Waals surface area contributed by atoms with E-state index in [9.17, 15) is 32.3 Å². The van der Waals surface area contributed by atoms with Gasteiger partial charge in [0.2, 0.25) is 5.88 Å². The minimum absolute atomic E-state index is 0.122. The number of carboxylic acid groups (broad SMARTS) is 1. The normalized spacial score (nSPS) is 16.5. The van der Waals surface area contributed by atoms with Gasteiger partial charge in [-0.05, 0) is 73.2 Å². The van der Waals surface area contributed by atoms with E-state index in [1.54, 1.807) is 50.7 Å². The Hall–Kier alpha value is -4.72. The predicted octanol–water partition coefficient (Wildman–Crippen LogP) is 7.18. The molecule has 0 saturated carbocycles. The first-order chi connectivity index (χ1) is 21.3. The molecule has 1 fully saturated rings. The number of carbonyl (C=O) groups is 2. The maximum atomic E-state index is 14.2. The van der Waals surface area contributed by atoms with Crippen molar-refractivity contribution < 1.29 is 41.7 Å². The van der Waals surface area contributed by atoms with Gasteiger partial charge in [-0.25, -0.2) is 28.9 Å². The minimum atomic E-state index is -4.79. The van der Waals surface area contributed by atoms with Gasteiger partial charge < -0.3 is 14.6 Å². The maximum absolute atomic E-state index is 14.2. The first kappa shape index (κ1) is 31.7. The maximum Gasteiger partial charge on any atom is 0.416 e. The van der Waals surface area contributed by atoms with Crippen LogP contribution in [0.15, 0.2) is 60.0 Å². The molecule has 2 aromatic carbocycles. The van der Waals surface area contributed by atoms with Crippen LogP contribution in [0.2, 0.25) is 0 Å². The number of halogens is 4. The molecule has 0 bridgehead atoms. The van der Waals surface area contributed by atoms with E-state index < -0.39 is 41.8 Å². The molecule has 1 aliphatic rings. The highest BCUT2D eigenvalue weighted by Crippen LogP contribution is 2.40. The summed E-state index contributed by atoms with van der Waals surface area (Å²) in [7, 11) is 1.44. The highest BCUT2D eigenvalue weighted by Gasteiger charge is 2.42. The fourth-order valence-corrected chi connectivity index (χ4v) is 5.54. The molecule has 0 aliphatic carbocycles. The summed E-state index contributed by atoms with van der Waals surface area (Å²) in [4.78, 5) is 39.3. The van der Waals surface area contributed by atoms with Gasteiger partial charge in [-0.3, -0.25) is 4.90 Å². The lowest BCUT2D eigenvalue weighted by Gasteiger charge is -2.22. The first-order valence-electron chi connectivity index (χ1n) is 13.4. The summed E-state index contributed by atoms with van der Waals surface area (Å²) in [5, 5.41) is 9.75. The molecule has 3 heterocycles. The van der Waals surface area contributed by atoms with E-state index in [1.165, 1.54) is 29.8 Å². The highest BCUT2D eigenvalue weighted by molar-refractivity contribution is 7.98. The number of carbonyl (C=O) groups excluding carboxylic acids is 1. The number of cyclic esters (lactones) is 1. The summed E-state index contributed by atoms with van der Waals surface area (Å²) in [6, 6.07) is 7.80. The molecule has 14 heteroatoms. The zero-order chi connectivity index (χ0) is 32.6. The van der Waals surface area contributed by atoms with Crippen LogP contribution in [0.5, 0.6) is 5.88 Å². The SMILES string of the molecule is COc1ncc(-c2ccc(C(=O)O)cc2C)cc1-c1cnc(SC)nc1CN1C(=O)O[C@H](c2cc(F)cc(C(F)(F)F)c2)[C@@H]1C. The number of aromatic carboxylic acids is 1. The van der Waals surface area contributed by atoms with Gasteiger partial charge in [0.1, 0.15) is 11.9 Å². The smallest absolute Gasteiger partial charge is 0.416 e. The number of thioether (sulfide) groups is 1. The molecule has 1 N–H and O–H groups in total. The molecule has 45 heavy (non-hydrogen) atoms.